The lowest BCUT2D eigenvalue weighted by Gasteiger charge is -2.22. The van der Waals surface area contributed by atoms with E-state index in [1.165, 1.54) is 12.0 Å². The van der Waals surface area contributed by atoms with Gasteiger partial charge in [-0.15, -0.1) is 0 Å². The Morgan fingerprint density at radius 2 is 1.69 bits per heavy atom. The smallest absolute Gasteiger partial charge is 0.235 e. The van der Waals surface area contributed by atoms with Gasteiger partial charge in [0.15, 0.2) is 0 Å². The fraction of sp³-hybridized carbons (Fsp3) is 0.650. The number of sulfonamides is 1. The van der Waals surface area contributed by atoms with Crippen LogP contribution in [-0.2, 0) is 26.7 Å². The van der Waals surface area contributed by atoms with E-state index in [0.717, 1.165) is 31.2 Å². The third kappa shape index (κ3) is 7.08. The minimum atomic E-state index is -3.47. The standard InChI is InChI=1S/C20H32N2O3S/c1-20(2,3)17-11-9-16(10-12-17)13-14-26(24,25)21-15-19(23)22-18-7-5-4-6-8-18/h9-12,18,21H,4-8,13-15H2,1-3H3,(H,22,23). The maximum Gasteiger partial charge on any atom is 0.235 e. The molecule has 0 unspecified atom stereocenters. The average Bonchev–Trinajstić information content (AvgIpc) is 2.59. The highest BCUT2D eigenvalue weighted by Gasteiger charge is 2.18. The molecule has 0 bridgehead atoms. The number of carbonyl (C=O) groups is 1. The first kappa shape index (κ1) is 20.9. The lowest BCUT2D eigenvalue weighted by Crippen LogP contribution is -2.43. The van der Waals surface area contributed by atoms with Crippen LogP contribution in [0.25, 0.3) is 0 Å². The van der Waals surface area contributed by atoms with E-state index >= 15 is 0 Å². The van der Waals surface area contributed by atoms with Crippen molar-refractivity contribution in [3.05, 3.63) is 35.4 Å². The maximum absolute atomic E-state index is 12.1. The van der Waals surface area contributed by atoms with Crippen molar-refractivity contribution >= 4 is 15.9 Å². The zero-order valence-electron chi connectivity index (χ0n) is 16.2. The highest BCUT2D eigenvalue weighted by atomic mass is 32.2. The Morgan fingerprint density at radius 3 is 2.27 bits per heavy atom. The van der Waals surface area contributed by atoms with Crippen molar-refractivity contribution in [2.24, 2.45) is 0 Å². The highest BCUT2D eigenvalue weighted by molar-refractivity contribution is 7.89. The fourth-order valence-electron chi connectivity index (χ4n) is 3.20. The summed E-state index contributed by atoms with van der Waals surface area (Å²) in [4.78, 5) is 11.9. The summed E-state index contributed by atoms with van der Waals surface area (Å²) in [6, 6.07) is 8.25. The Bertz CT molecular complexity index is 685. The van der Waals surface area contributed by atoms with Crippen molar-refractivity contribution in [1.82, 2.24) is 10.0 Å². The first-order valence-electron chi connectivity index (χ1n) is 9.52. The minimum absolute atomic E-state index is 0.0153. The molecule has 1 saturated carbocycles. The van der Waals surface area contributed by atoms with Crippen molar-refractivity contribution in [2.75, 3.05) is 12.3 Å². The number of amides is 1. The zero-order chi connectivity index (χ0) is 19.2. The molecular formula is C20H32N2O3S. The predicted octanol–water partition coefficient (Wildman–Crippen LogP) is 2.89. The molecule has 1 aromatic carbocycles. The van der Waals surface area contributed by atoms with E-state index < -0.39 is 10.0 Å². The second-order valence-corrected chi connectivity index (χ2v) is 10.2. The monoisotopic (exact) mass is 380 g/mol. The summed E-state index contributed by atoms with van der Waals surface area (Å²) >= 11 is 0. The van der Waals surface area contributed by atoms with Gasteiger partial charge in [-0.05, 0) is 35.8 Å². The van der Waals surface area contributed by atoms with Gasteiger partial charge in [0, 0.05) is 6.04 Å². The number of nitrogens with one attached hydrogen (secondary N) is 2. The Hall–Kier alpha value is -1.40. The molecule has 6 heteroatoms. The van der Waals surface area contributed by atoms with E-state index in [2.05, 4.69) is 30.8 Å². The molecule has 146 valence electrons. The molecular weight excluding hydrogens is 348 g/mol. The number of benzene rings is 1. The summed E-state index contributed by atoms with van der Waals surface area (Å²) in [5.41, 5.74) is 2.29. The molecule has 2 rings (SSSR count). The van der Waals surface area contributed by atoms with Crippen molar-refractivity contribution < 1.29 is 13.2 Å². The zero-order valence-corrected chi connectivity index (χ0v) is 17.0. The summed E-state index contributed by atoms with van der Waals surface area (Å²) in [6.07, 6.45) is 5.89. The van der Waals surface area contributed by atoms with Gasteiger partial charge in [0.05, 0.1) is 12.3 Å². The molecule has 1 aliphatic rings. The van der Waals surface area contributed by atoms with E-state index in [0.29, 0.717) is 6.42 Å². The van der Waals surface area contributed by atoms with Crippen LogP contribution >= 0.6 is 0 Å². The molecule has 0 spiro atoms. The molecule has 0 heterocycles. The molecule has 1 aliphatic carbocycles. The lowest BCUT2D eigenvalue weighted by molar-refractivity contribution is -0.120. The molecule has 26 heavy (non-hydrogen) atoms. The Labute approximate surface area is 158 Å². The van der Waals surface area contributed by atoms with E-state index in [4.69, 9.17) is 0 Å². The van der Waals surface area contributed by atoms with Crippen LogP contribution in [0.4, 0.5) is 0 Å². The van der Waals surface area contributed by atoms with Crippen molar-refractivity contribution in [1.29, 1.82) is 0 Å². The van der Waals surface area contributed by atoms with Crippen LogP contribution in [0.2, 0.25) is 0 Å². The molecule has 0 aromatic heterocycles. The molecule has 0 radical (unpaired) electrons. The van der Waals surface area contributed by atoms with E-state index in [-0.39, 0.29) is 29.7 Å². The van der Waals surface area contributed by atoms with Gasteiger partial charge in [-0.3, -0.25) is 4.79 Å². The van der Waals surface area contributed by atoms with Gasteiger partial charge in [0.25, 0.3) is 0 Å². The summed E-state index contributed by atoms with van der Waals surface area (Å²) in [5.74, 6) is -0.256. The average molecular weight is 381 g/mol. The van der Waals surface area contributed by atoms with Gasteiger partial charge >= 0.3 is 0 Å². The molecule has 0 aliphatic heterocycles. The molecule has 5 nitrogen and oxygen atoms in total. The predicted molar refractivity (Wildman–Crippen MR) is 106 cm³/mol. The van der Waals surface area contributed by atoms with Crippen LogP contribution in [0.1, 0.15) is 64.0 Å². The van der Waals surface area contributed by atoms with Gasteiger partial charge in [-0.1, -0.05) is 64.3 Å². The van der Waals surface area contributed by atoms with E-state index in [1.807, 2.05) is 24.3 Å². The molecule has 0 atom stereocenters. The van der Waals surface area contributed by atoms with Gasteiger partial charge < -0.3 is 5.32 Å². The van der Waals surface area contributed by atoms with Crippen molar-refractivity contribution in [3.8, 4) is 0 Å². The van der Waals surface area contributed by atoms with Gasteiger partial charge in [-0.2, -0.15) is 0 Å². The first-order chi connectivity index (χ1) is 12.2. The Morgan fingerprint density at radius 1 is 1.08 bits per heavy atom. The first-order valence-corrected chi connectivity index (χ1v) is 11.2. The maximum atomic E-state index is 12.1. The minimum Gasteiger partial charge on any atom is -0.352 e. The van der Waals surface area contributed by atoms with E-state index in [9.17, 15) is 13.2 Å². The number of hydrogen-bond donors (Lipinski definition) is 2. The van der Waals surface area contributed by atoms with Crippen LogP contribution in [0.15, 0.2) is 24.3 Å². The summed E-state index contributed by atoms with van der Waals surface area (Å²) in [5, 5.41) is 2.92. The highest BCUT2D eigenvalue weighted by Crippen LogP contribution is 2.22. The number of hydrogen-bond acceptors (Lipinski definition) is 3. The number of aryl methyl sites for hydroxylation is 1. The topological polar surface area (TPSA) is 75.3 Å². The SMILES string of the molecule is CC(C)(C)c1ccc(CCS(=O)(=O)NCC(=O)NC2CCCCC2)cc1. The van der Waals surface area contributed by atoms with Crippen LogP contribution < -0.4 is 10.0 Å². The molecule has 1 fully saturated rings. The molecule has 2 N–H and O–H groups in total. The number of rotatable bonds is 7. The van der Waals surface area contributed by atoms with Crippen LogP contribution in [0.5, 0.6) is 0 Å². The van der Waals surface area contributed by atoms with Gasteiger partial charge in [0.2, 0.25) is 15.9 Å². The quantitative estimate of drug-likeness (QED) is 0.764. The summed E-state index contributed by atoms with van der Waals surface area (Å²) in [7, 11) is -3.47. The molecule has 0 saturated heterocycles. The third-order valence-corrected chi connectivity index (χ3v) is 6.23. The van der Waals surface area contributed by atoms with Gasteiger partial charge in [0.1, 0.15) is 0 Å². The van der Waals surface area contributed by atoms with E-state index in [1.54, 1.807) is 0 Å². The summed E-state index contributed by atoms with van der Waals surface area (Å²) < 4.78 is 26.7. The van der Waals surface area contributed by atoms with Crippen LogP contribution in [0.3, 0.4) is 0 Å². The van der Waals surface area contributed by atoms with Crippen molar-refractivity contribution in [3.63, 3.8) is 0 Å². The lowest BCUT2D eigenvalue weighted by atomic mass is 9.86. The van der Waals surface area contributed by atoms with Crippen LogP contribution in [-0.4, -0.2) is 32.7 Å². The molecule has 1 aromatic rings. The normalized spacial score (nSPS) is 16.4. The van der Waals surface area contributed by atoms with Crippen LogP contribution in [0, 0.1) is 0 Å². The second kappa shape index (κ2) is 9.00. The molecule has 1 amide bonds. The Kier molecular flexibility index (Phi) is 7.24. The van der Waals surface area contributed by atoms with Gasteiger partial charge in [-0.25, -0.2) is 13.1 Å². The fourth-order valence-corrected chi connectivity index (χ4v) is 4.20. The third-order valence-electron chi connectivity index (χ3n) is 4.90. The largest absolute Gasteiger partial charge is 0.352 e. The second-order valence-electron chi connectivity index (χ2n) is 8.24. The Balaban J connectivity index is 1.76. The number of carbonyl (C=O) groups excluding carboxylic acids is 1. The van der Waals surface area contributed by atoms with Crippen molar-refractivity contribution in [2.45, 2.75) is 70.8 Å². The summed E-state index contributed by atoms with van der Waals surface area (Å²) in [6.45, 7) is 6.26.